The van der Waals surface area contributed by atoms with Crippen LogP contribution in [0.15, 0.2) is 0 Å². The number of rotatable bonds is 5. The van der Waals surface area contributed by atoms with Gasteiger partial charge in [0.05, 0.1) is 5.54 Å². The topological polar surface area (TPSA) is 92.4 Å². The van der Waals surface area contributed by atoms with Crippen molar-refractivity contribution in [2.45, 2.75) is 39.3 Å². The Labute approximate surface area is 83.7 Å². The van der Waals surface area contributed by atoms with Crippen LogP contribution in [0.2, 0.25) is 0 Å². The Kier molecular flexibility index (Phi) is 4.07. The molecule has 0 spiro atoms. The maximum atomic E-state index is 11.0. The third-order valence-electron chi connectivity index (χ3n) is 2.07. The number of carbonyl (C=O) groups is 2. The van der Waals surface area contributed by atoms with E-state index in [0.29, 0.717) is 0 Å². The maximum absolute atomic E-state index is 11.0. The molecule has 0 rings (SSSR count). The minimum Gasteiger partial charge on any atom is -0.480 e. The summed E-state index contributed by atoms with van der Waals surface area (Å²) in [5.74, 6) is -1.65. The number of primary amides is 1. The molecule has 4 N–H and O–H groups in total. The van der Waals surface area contributed by atoms with Crippen molar-refractivity contribution in [1.29, 1.82) is 0 Å². The van der Waals surface area contributed by atoms with Crippen molar-refractivity contribution in [3.8, 4) is 0 Å². The molecule has 0 bridgehead atoms. The van der Waals surface area contributed by atoms with E-state index in [4.69, 9.17) is 10.8 Å². The largest absolute Gasteiger partial charge is 0.480 e. The molecule has 0 heterocycles. The molecule has 0 aliphatic heterocycles. The number of nitrogens with two attached hydrogens (primary N) is 1. The summed E-state index contributed by atoms with van der Waals surface area (Å²) in [4.78, 5) is 21.8. The van der Waals surface area contributed by atoms with Crippen molar-refractivity contribution in [1.82, 2.24) is 5.32 Å². The molecule has 0 saturated carbocycles. The second-order valence-electron chi connectivity index (χ2n) is 4.19. The van der Waals surface area contributed by atoms with Gasteiger partial charge in [0.15, 0.2) is 0 Å². The smallest absolute Gasteiger partial charge is 0.320 e. The monoisotopic (exact) mass is 202 g/mol. The Bertz CT molecular complexity index is 236. The SMILES string of the molecule is CC(C)C(NC(C)(C)C(N)=O)C(=O)O. The van der Waals surface area contributed by atoms with E-state index in [1.807, 2.05) is 0 Å². The third kappa shape index (κ3) is 3.33. The Morgan fingerprint density at radius 1 is 1.36 bits per heavy atom. The van der Waals surface area contributed by atoms with E-state index in [1.165, 1.54) is 0 Å². The van der Waals surface area contributed by atoms with Crippen LogP contribution >= 0.6 is 0 Å². The summed E-state index contributed by atoms with van der Waals surface area (Å²) in [6.45, 7) is 6.66. The number of nitrogens with one attached hydrogen (secondary N) is 1. The van der Waals surface area contributed by atoms with E-state index in [-0.39, 0.29) is 5.92 Å². The molecule has 0 saturated heterocycles. The minimum atomic E-state index is -1.01. The minimum absolute atomic E-state index is 0.105. The van der Waals surface area contributed by atoms with Crippen LogP contribution in [0.4, 0.5) is 0 Å². The van der Waals surface area contributed by atoms with Crippen LogP contribution in [0.5, 0.6) is 0 Å². The van der Waals surface area contributed by atoms with Gasteiger partial charge in [-0.2, -0.15) is 0 Å². The molecule has 5 heteroatoms. The predicted molar refractivity (Wildman–Crippen MR) is 52.7 cm³/mol. The van der Waals surface area contributed by atoms with E-state index >= 15 is 0 Å². The lowest BCUT2D eigenvalue weighted by Gasteiger charge is -2.28. The Morgan fingerprint density at radius 3 is 2.00 bits per heavy atom. The molecule has 0 fully saturated rings. The normalized spacial score (nSPS) is 14.1. The number of carboxylic acids is 1. The van der Waals surface area contributed by atoms with Gasteiger partial charge in [0.1, 0.15) is 6.04 Å². The van der Waals surface area contributed by atoms with Gasteiger partial charge >= 0.3 is 5.97 Å². The van der Waals surface area contributed by atoms with Gasteiger partial charge in [0, 0.05) is 0 Å². The van der Waals surface area contributed by atoms with Crippen LogP contribution in [-0.4, -0.2) is 28.6 Å². The zero-order valence-electron chi connectivity index (χ0n) is 9.00. The predicted octanol–water partition coefficient (Wildman–Crippen LogP) is -0.0509. The number of carboxylic acid groups (broad SMARTS) is 1. The van der Waals surface area contributed by atoms with Gasteiger partial charge in [0.25, 0.3) is 0 Å². The molecule has 5 nitrogen and oxygen atoms in total. The van der Waals surface area contributed by atoms with Crippen molar-refractivity contribution in [2.75, 3.05) is 0 Å². The molecule has 1 unspecified atom stereocenters. The lowest BCUT2D eigenvalue weighted by molar-refractivity contribution is -0.141. The van der Waals surface area contributed by atoms with Crippen LogP contribution in [-0.2, 0) is 9.59 Å². The highest BCUT2D eigenvalue weighted by molar-refractivity contribution is 5.85. The van der Waals surface area contributed by atoms with Gasteiger partial charge < -0.3 is 10.8 Å². The molecule has 1 atom stereocenters. The number of aliphatic carboxylic acids is 1. The standard InChI is InChI=1S/C9H18N2O3/c1-5(2)6(7(12)13)11-9(3,4)8(10)14/h5-6,11H,1-4H3,(H2,10,14)(H,12,13). The summed E-state index contributed by atoms with van der Waals surface area (Å²) >= 11 is 0. The molecule has 14 heavy (non-hydrogen) atoms. The van der Waals surface area contributed by atoms with Gasteiger partial charge in [-0.25, -0.2) is 0 Å². The lowest BCUT2D eigenvalue weighted by Crippen LogP contribution is -2.58. The summed E-state index contributed by atoms with van der Waals surface area (Å²) in [5, 5.41) is 11.6. The Balaban J connectivity index is 4.61. The number of hydrogen-bond donors (Lipinski definition) is 3. The summed E-state index contributed by atoms with van der Waals surface area (Å²) < 4.78 is 0. The van der Waals surface area contributed by atoms with Crippen molar-refractivity contribution in [3.63, 3.8) is 0 Å². The zero-order valence-corrected chi connectivity index (χ0v) is 9.00. The Hall–Kier alpha value is -1.10. The molecule has 0 aromatic carbocycles. The van der Waals surface area contributed by atoms with Crippen LogP contribution < -0.4 is 11.1 Å². The van der Waals surface area contributed by atoms with Crippen molar-refractivity contribution >= 4 is 11.9 Å². The highest BCUT2D eigenvalue weighted by Gasteiger charge is 2.32. The van der Waals surface area contributed by atoms with Crippen LogP contribution in [0, 0.1) is 5.92 Å². The summed E-state index contributed by atoms with van der Waals surface area (Å²) in [6, 6.07) is -0.766. The first-order valence-electron chi connectivity index (χ1n) is 4.49. The van der Waals surface area contributed by atoms with Gasteiger partial charge in [-0.05, 0) is 19.8 Å². The van der Waals surface area contributed by atoms with Crippen molar-refractivity contribution in [3.05, 3.63) is 0 Å². The highest BCUT2D eigenvalue weighted by Crippen LogP contribution is 2.09. The molecule has 0 aliphatic rings. The average Bonchev–Trinajstić information content (AvgIpc) is 1.98. The number of amides is 1. The van der Waals surface area contributed by atoms with E-state index in [9.17, 15) is 9.59 Å². The molecule has 0 aromatic rings. The van der Waals surface area contributed by atoms with Gasteiger partial charge in [-0.3, -0.25) is 14.9 Å². The third-order valence-corrected chi connectivity index (χ3v) is 2.07. The molecule has 1 amide bonds. The van der Waals surface area contributed by atoms with E-state index in [0.717, 1.165) is 0 Å². The van der Waals surface area contributed by atoms with Gasteiger partial charge in [-0.15, -0.1) is 0 Å². The average molecular weight is 202 g/mol. The quantitative estimate of drug-likeness (QED) is 0.582. The van der Waals surface area contributed by atoms with Crippen molar-refractivity contribution < 1.29 is 14.7 Å². The second-order valence-corrected chi connectivity index (χ2v) is 4.19. The fourth-order valence-corrected chi connectivity index (χ4v) is 0.973. The lowest BCUT2D eigenvalue weighted by atomic mass is 9.98. The van der Waals surface area contributed by atoms with E-state index in [2.05, 4.69) is 5.32 Å². The van der Waals surface area contributed by atoms with E-state index in [1.54, 1.807) is 27.7 Å². The van der Waals surface area contributed by atoms with Gasteiger partial charge in [0.2, 0.25) is 5.91 Å². The van der Waals surface area contributed by atoms with Gasteiger partial charge in [-0.1, -0.05) is 13.8 Å². The van der Waals surface area contributed by atoms with Crippen LogP contribution in [0.3, 0.4) is 0 Å². The van der Waals surface area contributed by atoms with E-state index < -0.39 is 23.5 Å². The molecular weight excluding hydrogens is 184 g/mol. The summed E-state index contributed by atoms with van der Waals surface area (Å²) in [6.07, 6.45) is 0. The first-order valence-corrected chi connectivity index (χ1v) is 4.49. The molecule has 0 aromatic heterocycles. The highest BCUT2D eigenvalue weighted by atomic mass is 16.4. The zero-order chi connectivity index (χ0) is 11.5. The number of carbonyl (C=O) groups excluding carboxylic acids is 1. The fourth-order valence-electron chi connectivity index (χ4n) is 0.973. The maximum Gasteiger partial charge on any atom is 0.320 e. The molecule has 0 aliphatic carbocycles. The van der Waals surface area contributed by atoms with Crippen molar-refractivity contribution in [2.24, 2.45) is 11.7 Å². The first kappa shape index (κ1) is 12.9. The summed E-state index contributed by atoms with van der Waals surface area (Å²) in [5.41, 5.74) is 4.12. The molecular formula is C9H18N2O3. The molecule has 82 valence electrons. The fraction of sp³-hybridized carbons (Fsp3) is 0.778. The summed E-state index contributed by atoms with van der Waals surface area (Å²) in [7, 11) is 0. The number of hydrogen-bond acceptors (Lipinski definition) is 3. The Morgan fingerprint density at radius 2 is 1.79 bits per heavy atom. The molecule has 0 radical (unpaired) electrons. The first-order chi connectivity index (χ1) is 6.18. The second kappa shape index (κ2) is 4.41. The van der Waals surface area contributed by atoms with Crippen LogP contribution in [0.1, 0.15) is 27.7 Å². The van der Waals surface area contributed by atoms with Crippen LogP contribution in [0.25, 0.3) is 0 Å².